The fourth-order valence-corrected chi connectivity index (χ4v) is 12.8. The monoisotopic (exact) mass is 1380 g/mol. The van der Waals surface area contributed by atoms with Crippen LogP contribution in [0.1, 0.15) is 117 Å². The summed E-state index contributed by atoms with van der Waals surface area (Å²) in [6, 6.07) is 20.8. The number of carbonyl (C=O) groups is 4. The highest BCUT2D eigenvalue weighted by molar-refractivity contribution is 7.10. The van der Waals surface area contributed by atoms with Gasteiger partial charge in [-0.05, 0) is 131 Å². The molecule has 1 aliphatic heterocycles. The molecule has 1 aliphatic rings. The van der Waals surface area contributed by atoms with Gasteiger partial charge in [-0.2, -0.15) is 40.8 Å². The van der Waals surface area contributed by atoms with E-state index in [0.29, 0.717) is 51.4 Å². The van der Waals surface area contributed by atoms with Crippen LogP contribution in [0, 0.1) is 41.5 Å². The molecular formula is C72H67N23O4S2. The molecule has 506 valence electrons. The molecule has 15 aromatic rings. The average Bonchev–Trinajstić information content (AvgIpc) is 1.73. The molecule has 101 heavy (non-hydrogen) atoms. The first-order valence-corrected chi connectivity index (χ1v) is 33.2. The van der Waals surface area contributed by atoms with E-state index in [1.807, 2.05) is 177 Å². The van der Waals surface area contributed by atoms with E-state index in [2.05, 4.69) is 85.7 Å². The van der Waals surface area contributed by atoms with Crippen molar-refractivity contribution in [2.45, 2.75) is 81.6 Å². The van der Waals surface area contributed by atoms with Gasteiger partial charge in [-0.3, -0.25) is 43.5 Å². The highest BCUT2D eigenvalue weighted by atomic mass is 32.1. The first kappa shape index (κ1) is 68.6. The molecule has 0 fully saturated rings. The van der Waals surface area contributed by atoms with Gasteiger partial charge in [0.2, 0.25) is 0 Å². The molecular weight excluding hydrogens is 1320 g/mol. The zero-order valence-electron chi connectivity index (χ0n) is 55.8. The molecule has 15 aromatic heterocycles. The van der Waals surface area contributed by atoms with E-state index in [-0.39, 0.29) is 56.2 Å². The van der Waals surface area contributed by atoms with Crippen molar-refractivity contribution < 1.29 is 19.2 Å². The summed E-state index contributed by atoms with van der Waals surface area (Å²) in [6.07, 6.45) is 23.2. The van der Waals surface area contributed by atoms with Crippen LogP contribution in [0.25, 0.3) is 61.8 Å². The summed E-state index contributed by atoms with van der Waals surface area (Å²) in [4.78, 5) is 90.3. The van der Waals surface area contributed by atoms with Crippen molar-refractivity contribution in [1.82, 2.24) is 108 Å². The van der Waals surface area contributed by atoms with Gasteiger partial charge in [0.1, 0.15) is 35.3 Å². The summed E-state index contributed by atoms with van der Waals surface area (Å²) in [5.41, 5.74) is 19.7. The Labute approximate surface area is 586 Å². The fraction of sp³-hybridized carbons (Fsp3) is 0.208. The summed E-state index contributed by atoms with van der Waals surface area (Å²) in [5, 5.41) is 38.9. The largest absolute Gasteiger partial charge is 0.294 e. The fourth-order valence-electron chi connectivity index (χ4n) is 11.2. The van der Waals surface area contributed by atoms with Gasteiger partial charge in [0.15, 0.2) is 45.7 Å². The molecule has 0 amide bonds. The summed E-state index contributed by atoms with van der Waals surface area (Å²) in [5.74, 6) is -0.122. The molecule has 0 unspecified atom stereocenters. The van der Waals surface area contributed by atoms with Crippen molar-refractivity contribution in [1.29, 1.82) is 0 Å². The summed E-state index contributed by atoms with van der Waals surface area (Å²) < 4.78 is 10.0. The zero-order chi connectivity index (χ0) is 69.7. The van der Waals surface area contributed by atoms with Crippen molar-refractivity contribution in [3.05, 3.63) is 242 Å². The molecule has 0 saturated heterocycles. The minimum absolute atomic E-state index is 0. The van der Waals surface area contributed by atoms with Gasteiger partial charge in [-0.25, -0.2) is 48.0 Å². The third kappa shape index (κ3) is 15.6. The van der Waals surface area contributed by atoms with Crippen LogP contribution in [0.15, 0.2) is 163 Å². The first-order chi connectivity index (χ1) is 48.3. The number of rotatable bonds is 16. The number of fused-ring (bicyclic) bond motifs is 4. The molecule has 0 saturated carbocycles. The Balaban J connectivity index is 0.000000127. The van der Waals surface area contributed by atoms with E-state index >= 15 is 0 Å². The van der Waals surface area contributed by atoms with E-state index in [9.17, 15) is 19.2 Å². The Morgan fingerprint density at radius 3 is 1.49 bits per heavy atom. The second-order valence-corrected chi connectivity index (χ2v) is 25.7. The van der Waals surface area contributed by atoms with Crippen LogP contribution >= 0.6 is 22.7 Å². The number of aromatic nitrogens is 22. The maximum atomic E-state index is 13.0. The highest BCUT2D eigenvalue weighted by Crippen LogP contribution is 2.29. The van der Waals surface area contributed by atoms with Crippen molar-refractivity contribution in [3.8, 4) is 33.6 Å². The Morgan fingerprint density at radius 1 is 0.485 bits per heavy atom. The van der Waals surface area contributed by atoms with Gasteiger partial charge in [0, 0.05) is 118 Å². The molecule has 0 spiro atoms. The van der Waals surface area contributed by atoms with E-state index in [0.717, 1.165) is 106 Å². The average molecular weight is 1380 g/mol. The molecule has 29 heteroatoms. The molecule has 16 rings (SSSR count). The molecule has 0 bridgehead atoms. The number of ketones is 4. The van der Waals surface area contributed by atoms with Gasteiger partial charge in [-0.15, -0.1) is 22.7 Å². The second kappa shape index (κ2) is 29.8. The van der Waals surface area contributed by atoms with Crippen LogP contribution < -0.4 is 0 Å². The summed E-state index contributed by atoms with van der Waals surface area (Å²) in [7, 11) is 3.74. The van der Waals surface area contributed by atoms with E-state index in [1.54, 1.807) is 46.0 Å². The van der Waals surface area contributed by atoms with Gasteiger partial charge in [0.05, 0.1) is 84.0 Å². The molecule has 0 atom stereocenters. The summed E-state index contributed by atoms with van der Waals surface area (Å²) >= 11 is 2.98. The van der Waals surface area contributed by atoms with Crippen LogP contribution in [0.5, 0.6) is 0 Å². The Hall–Kier alpha value is -12.4. The van der Waals surface area contributed by atoms with Crippen molar-refractivity contribution in [3.63, 3.8) is 0 Å². The van der Waals surface area contributed by atoms with E-state index < -0.39 is 0 Å². The number of aliphatic imine (C=N–C) groups is 1. The molecule has 0 aromatic carbocycles. The van der Waals surface area contributed by atoms with E-state index in [4.69, 9.17) is 0 Å². The maximum absolute atomic E-state index is 13.0. The van der Waals surface area contributed by atoms with Gasteiger partial charge in [-0.1, -0.05) is 19.6 Å². The van der Waals surface area contributed by atoms with Crippen molar-refractivity contribution in [2.24, 2.45) is 19.1 Å². The molecule has 0 N–H and O–H groups in total. The number of thiazole rings is 2. The number of nitrogens with zero attached hydrogens (tertiary/aromatic N) is 23. The van der Waals surface area contributed by atoms with Gasteiger partial charge >= 0.3 is 0 Å². The quantitative estimate of drug-likeness (QED) is 0.0811. The Morgan fingerprint density at radius 2 is 1.00 bits per heavy atom. The standard InChI is InChI=1S/C19H18N6O.C19H17N5O.C17H14N6OS.C16H14N6OS.CH4/c1-12-5-4-6-15(22-12)9-18(26)16-8-14(10-25-19(16)20-11-21-25)17-7-13(2)23-24(17)3;1-12-3-4-16(21-8-12)7-18(25)17-6-15(14-5-13(2)20-9-14)10-24-19(17)22-11-23-24;1-10-5-19-20-6-14(10)12-3-13(17-18-9-21-23(17)7-12)15(24)4-16-22-11(2)8-25-16;1-10-8-24-15(19-10)6-14(23)12-5-11(13-3-4-21(2)20-13)7-22-16(12)17-9-18-22;/h4-8,10-11H,9H2,1-3H3;3-6,8,10-11H,7,9H2,1-2H3;3,5-9H,4H2,1-2H3;3-5,7-9H,6H2,1-2H3;1H4. The third-order valence-corrected chi connectivity index (χ3v) is 18.0. The van der Waals surface area contributed by atoms with E-state index in [1.165, 1.54) is 48.0 Å². The van der Waals surface area contributed by atoms with Crippen molar-refractivity contribution >= 4 is 79.7 Å². The predicted octanol–water partition coefficient (Wildman–Crippen LogP) is 10.9. The van der Waals surface area contributed by atoms with Crippen LogP contribution in [-0.2, 0) is 39.8 Å². The molecule has 27 nitrogen and oxygen atoms in total. The molecule has 0 radical (unpaired) electrons. The first-order valence-electron chi connectivity index (χ1n) is 31.5. The smallest absolute Gasteiger partial charge is 0.173 e. The topological polar surface area (TPSA) is 314 Å². The number of carbonyl (C=O) groups excluding carboxylic acids is 4. The number of hydrogen-bond donors (Lipinski definition) is 0. The number of aryl methyl sites for hydroxylation is 8. The second-order valence-electron chi connectivity index (χ2n) is 23.8. The maximum Gasteiger partial charge on any atom is 0.173 e. The van der Waals surface area contributed by atoms with Crippen molar-refractivity contribution in [2.75, 3.05) is 6.54 Å². The number of allylic oxidation sites excluding steroid dienone is 1. The lowest BCUT2D eigenvalue weighted by Crippen LogP contribution is -2.09. The zero-order valence-corrected chi connectivity index (χ0v) is 57.4. The lowest BCUT2D eigenvalue weighted by molar-refractivity contribution is 0.0984. The lowest BCUT2D eigenvalue weighted by atomic mass is 10.0. The minimum atomic E-state index is -0.0400. The van der Waals surface area contributed by atoms with Gasteiger partial charge in [0.25, 0.3) is 0 Å². The predicted molar refractivity (Wildman–Crippen MR) is 383 cm³/mol. The van der Waals surface area contributed by atoms with Gasteiger partial charge < -0.3 is 0 Å². The minimum Gasteiger partial charge on any atom is -0.294 e. The van der Waals surface area contributed by atoms with Crippen LogP contribution in [0.4, 0.5) is 0 Å². The normalized spacial score (nSPS) is 11.7. The Bertz CT molecular complexity index is 5660. The van der Waals surface area contributed by atoms with Crippen LogP contribution in [-0.4, -0.2) is 143 Å². The Kier molecular flexibility index (Phi) is 20.2. The highest BCUT2D eigenvalue weighted by Gasteiger charge is 2.23. The number of Topliss-reactive ketones (excluding diaryl/α,β-unsaturated/α-hetero) is 4. The molecule has 16 heterocycles. The van der Waals surface area contributed by atoms with Crippen LogP contribution in [0.2, 0.25) is 0 Å². The number of hydrogen-bond acceptors (Lipinski definition) is 23. The SMILES string of the molecule is C.CC1=NCC(c2cc(C(=O)Cc3ccc(C)cn3)c3ncnn3c2)=C1.Cc1cccc(CC(=O)c2cc(-c3cc(C)nn3C)cn3ncnc23)n1.Cc1csc(CC(=O)c2cc(-c3ccn(C)n3)cn3ncnc23)n1.Cc1csc(CC(=O)c2cc(-c3cnncc3C)cn3ncnc23)n1. The van der Waals surface area contributed by atoms with Crippen LogP contribution in [0.3, 0.4) is 0 Å². The lowest BCUT2D eigenvalue weighted by Gasteiger charge is -2.08. The number of pyridine rings is 6. The summed E-state index contributed by atoms with van der Waals surface area (Å²) in [6.45, 7) is 14.2. The molecule has 0 aliphatic carbocycles. The third-order valence-electron chi connectivity index (χ3n) is 16.1.